The van der Waals surface area contributed by atoms with E-state index in [-0.39, 0.29) is 5.97 Å². The number of hydrogen-bond acceptors (Lipinski definition) is 5. The van der Waals surface area contributed by atoms with Crippen molar-refractivity contribution in [1.29, 1.82) is 0 Å². The minimum atomic E-state index is -1.11. The van der Waals surface area contributed by atoms with Crippen molar-refractivity contribution >= 4 is 17.3 Å². The van der Waals surface area contributed by atoms with E-state index in [0.717, 1.165) is 60.7 Å². The van der Waals surface area contributed by atoms with Crippen molar-refractivity contribution in [2.24, 2.45) is 0 Å². The summed E-state index contributed by atoms with van der Waals surface area (Å²) in [7, 11) is 0. The van der Waals surface area contributed by atoms with E-state index >= 15 is 0 Å². The average Bonchev–Trinajstić information content (AvgIpc) is 3.36. The van der Waals surface area contributed by atoms with Crippen molar-refractivity contribution in [2.75, 3.05) is 22.9 Å². The molecule has 1 spiro atoms. The van der Waals surface area contributed by atoms with E-state index < -0.39 is 5.60 Å². The Morgan fingerprint density at radius 1 is 0.614 bits per heavy atom. The number of benzene rings is 5. The largest absolute Gasteiger partial charge is 0.456 e. The number of anilines is 2. The maximum Gasteiger partial charge on any atom is 0.340 e. The Balaban J connectivity index is 1.39. The third-order valence-corrected chi connectivity index (χ3v) is 8.72. The smallest absolute Gasteiger partial charge is 0.340 e. The number of rotatable bonds is 9. The molecule has 0 aliphatic carbocycles. The number of carbonyl (C=O) groups excluding carboxylic acids is 1. The molecular weight excluding hydrogens is 544 g/mol. The van der Waals surface area contributed by atoms with Gasteiger partial charge >= 0.3 is 5.97 Å². The van der Waals surface area contributed by atoms with Gasteiger partial charge in [-0.1, -0.05) is 85.8 Å². The van der Waals surface area contributed by atoms with Crippen LogP contribution in [-0.4, -0.2) is 19.1 Å². The number of hydrogen-bond donors (Lipinski definition) is 0. The maximum absolute atomic E-state index is 13.5. The van der Waals surface area contributed by atoms with Crippen LogP contribution in [0.4, 0.5) is 11.4 Å². The molecule has 7 rings (SSSR count). The highest BCUT2D eigenvalue weighted by Gasteiger charge is 2.53. The molecule has 0 N–H and O–H groups in total. The molecule has 44 heavy (non-hydrogen) atoms. The number of fused-ring (bicyclic) bond motifs is 6. The van der Waals surface area contributed by atoms with Crippen LogP contribution in [0.25, 0.3) is 0 Å². The Labute approximate surface area is 259 Å². The normalized spacial score (nSPS) is 16.0. The SMILES string of the molecule is CCCN(CC)c1ccc2c(c1)Oc1ccc(N(Cc3ccccc3)Cc3ccccc3)cc1C21OC(=O)c2ccccc21. The third-order valence-electron chi connectivity index (χ3n) is 8.72. The van der Waals surface area contributed by atoms with Crippen LogP contribution in [0.3, 0.4) is 0 Å². The summed E-state index contributed by atoms with van der Waals surface area (Å²) < 4.78 is 13.2. The van der Waals surface area contributed by atoms with Crippen molar-refractivity contribution in [1.82, 2.24) is 0 Å². The van der Waals surface area contributed by atoms with Crippen LogP contribution < -0.4 is 14.5 Å². The highest BCUT2D eigenvalue weighted by atomic mass is 16.6. The highest BCUT2D eigenvalue weighted by Crippen LogP contribution is 2.57. The number of nitrogens with zero attached hydrogens (tertiary/aromatic N) is 2. The van der Waals surface area contributed by atoms with Crippen LogP contribution >= 0.6 is 0 Å². The predicted molar refractivity (Wildman–Crippen MR) is 176 cm³/mol. The Bertz CT molecular complexity index is 1760. The summed E-state index contributed by atoms with van der Waals surface area (Å²) in [6.45, 7) is 7.66. The van der Waals surface area contributed by atoms with Gasteiger partial charge in [-0.15, -0.1) is 0 Å². The van der Waals surface area contributed by atoms with E-state index in [1.54, 1.807) is 0 Å². The molecule has 1 atom stereocenters. The Morgan fingerprint density at radius 2 is 1.25 bits per heavy atom. The molecular formula is C39H36N2O3. The number of carbonyl (C=O) groups is 1. The van der Waals surface area contributed by atoms with Gasteiger partial charge in [-0.3, -0.25) is 0 Å². The van der Waals surface area contributed by atoms with Gasteiger partial charge in [-0.05, 0) is 60.9 Å². The van der Waals surface area contributed by atoms with Crippen molar-refractivity contribution in [3.63, 3.8) is 0 Å². The first-order valence-electron chi connectivity index (χ1n) is 15.5. The van der Waals surface area contributed by atoms with Gasteiger partial charge in [0.05, 0.1) is 5.56 Å². The molecule has 0 amide bonds. The number of esters is 1. The van der Waals surface area contributed by atoms with Crippen LogP contribution in [0.2, 0.25) is 0 Å². The summed E-state index contributed by atoms with van der Waals surface area (Å²) in [5.74, 6) is 1.09. The standard InChI is InChI=1S/C39H36N2O3/c1-3-23-40(4-2)31-19-21-34-37(25-31)43-36-22-20-30(24-35(36)39(34)33-18-12-11-17-32(33)38(42)44-39)41(26-28-13-7-5-8-14-28)27-29-15-9-6-10-16-29/h5-22,24-25H,3-4,23,26-27H2,1-2H3. The summed E-state index contributed by atoms with van der Waals surface area (Å²) in [6, 6.07) is 41.4. The first-order valence-corrected chi connectivity index (χ1v) is 15.5. The van der Waals surface area contributed by atoms with E-state index in [1.165, 1.54) is 11.1 Å². The second kappa shape index (κ2) is 11.6. The summed E-state index contributed by atoms with van der Waals surface area (Å²) in [5.41, 5.74) is 6.56. The maximum atomic E-state index is 13.5. The molecule has 0 aromatic heterocycles. The zero-order chi connectivity index (χ0) is 30.1. The molecule has 220 valence electrons. The molecule has 2 aliphatic rings. The summed E-state index contributed by atoms with van der Waals surface area (Å²) in [4.78, 5) is 18.2. The summed E-state index contributed by atoms with van der Waals surface area (Å²) >= 11 is 0. The first kappa shape index (κ1) is 27.8. The van der Waals surface area contributed by atoms with Gasteiger partial charge in [-0.2, -0.15) is 0 Å². The Morgan fingerprint density at radius 3 is 1.93 bits per heavy atom. The fourth-order valence-electron chi connectivity index (χ4n) is 6.63. The van der Waals surface area contributed by atoms with Gasteiger partial charge in [-0.25, -0.2) is 4.79 Å². The molecule has 0 radical (unpaired) electrons. The molecule has 2 heterocycles. The van der Waals surface area contributed by atoms with Crippen LogP contribution in [0.15, 0.2) is 121 Å². The van der Waals surface area contributed by atoms with Crippen LogP contribution in [0, 0.1) is 0 Å². The Kier molecular flexibility index (Phi) is 7.31. The van der Waals surface area contributed by atoms with Crippen molar-refractivity contribution in [2.45, 2.75) is 39.0 Å². The average molecular weight is 581 g/mol. The zero-order valence-corrected chi connectivity index (χ0v) is 25.2. The fraction of sp³-hybridized carbons (Fsp3) is 0.205. The molecule has 0 saturated heterocycles. The summed E-state index contributed by atoms with van der Waals surface area (Å²) in [6.07, 6.45) is 1.05. The second-order valence-corrected chi connectivity index (χ2v) is 11.5. The van der Waals surface area contributed by atoms with E-state index in [4.69, 9.17) is 9.47 Å². The minimum Gasteiger partial charge on any atom is -0.456 e. The topological polar surface area (TPSA) is 42.0 Å². The monoisotopic (exact) mass is 580 g/mol. The molecule has 2 aliphatic heterocycles. The molecule has 5 heteroatoms. The van der Waals surface area contributed by atoms with Gasteiger partial charge in [0.25, 0.3) is 0 Å². The number of ether oxygens (including phenoxy) is 2. The molecule has 5 aromatic rings. The zero-order valence-electron chi connectivity index (χ0n) is 25.2. The lowest BCUT2D eigenvalue weighted by Crippen LogP contribution is -2.34. The van der Waals surface area contributed by atoms with Gasteiger partial charge in [0.2, 0.25) is 0 Å². The van der Waals surface area contributed by atoms with Crippen molar-refractivity contribution in [3.05, 3.63) is 155 Å². The molecule has 5 nitrogen and oxygen atoms in total. The van der Waals surface area contributed by atoms with Crippen molar-refractivity contribution < 1.29 is 14.3 Å². The minimum absolute atomic E-state index is 0.319. The highest BCUT2D eigenvalue weighted by molar-refractivity contribution is 5.97. The predicted octanol–water partition coefficient (Wildman–Crippen LogP) is 8.70. The Hall–Kier alpha value is -5.03. The van der Waals surface area contributed by atoms with Crippen LogP contribution in [-0.2, 0) is 23.4 Å². The lowest BCUT2D eigenvalue weighted by atomic mass is 9.77. The molecule has 0 saturated carbocycles. The fourth-order valence-corrected chi connectivity index (χ4v) is 6.63. The van der Waals surface area contributed by atoms with Gasteiger partial charge in [0, 0.05) is 60.3 Å². The molecule has 0 fully saturated rings. The van der Waals surface area contributed by atoms with Crippen LogP contribution in [0.1, 0.15) is 58.4 Å². The van der Waals surface area contributed by atoms with E-state index in [2.05, 4.69) is 103 Å². The van der Waals surface area contributed by atoms with Crippen molar-refractivity contribution in [3.8, 4) is 11.5 Å². The third kappa shape index (κ3) is 4.79. The quantitative estimate of drug-likeness (QED) is 0.163. The lowest BCUT2D eigenvalue weighted by molar-refractivity contribution is 0.0224. The molecule has 1 unspecified atom stereocenters. The lowest BCUT2D eigenvalue weighted by Gasteiger charge is -2.38. The van der Waals surface area contributed by atoms with E-state index in [0.29, 0.717) is 17.1 Å². The first-order chi connectivity index (χ1) is 21.6. The summed E-state index contributed by atoms with van der Waals surface area (Å²) in [5, 5.41) is 0. The molecule has 0 bridgehead atoms. The van der Waals surface area contributed by atoms with Gasteiger partial charge in [0.1, 0.15) is 11.5 Å². The van der Waals surface area contributed by atoms with Gasteiger partial charge in [0.15, 0.2) is 5.60 Å². The van der Waals surface area contributed by atoms with E-state index in [9.17, 15) is 4.79 Å². The second-order valence-electron chi connectivity index (χ2n) is 11.5. The van der Waals surface area contributed by atoms with Gasteiger partial charge < -0.3 is 19.3 Å². The molecule has 5 aromatic carbocycles. The van der Waals surface area contributed by atoms with Crippen LogP contribution in [0.5, 0.6) is 11.5 Å². The van der Waals surface area contributed by atoms with E-state index in [1.807, 2.05) is 42.5 Å².